The van der Waals surface area contributed by atoms with Crippen molar-refractivity contribution in [3.05, 3.63) is 82.0 Å². The van der Waals surface area contributed by atoms with Crippen molar-refractivity contribution in [3.8, 4) is 6.07 Å². The number of ketones is 1. The summed E-state index contributed by atoms with van der Waals surface area (Å²) in [7, 11) is 0. The van der Waals surface area contributed by atoms with Crippen molar-refractivity contribution < 1.29 is 9.59 Å². The number of amides is 1. The number of aromatic nitrogens is 3. The van der Waals surface area contributed by atoms with E-state index in [0.29, 0.717) is 44.3 Å². The van der Waals surface area contributed by atoms with E-state index in [-0.39, 0.29) is 34.3 Å². The first kappa shape index (κ1) is 26.9. The fourth-order valence-corrected chi connectivity index (χ4v) is 6.72. The first-order valence-electron chi connectivity index (χ1n) is 12.0. The van der Waals surface area contributed by atoms with Crippen LogP contribution in [0, 0.1) is 16.7 Å². The number of halogens is 1. The first-order valence-corrected chi connectivity index (χ1v) is 14.2. The number of carbonyl (C=O) groups excluding carboxylic acids is 2. The monoisotopic (exact) mass is 577 g/mol. The van der Waals surface area contributed by atoms with Gasteiger partial charge in [-0.1, -0.05) is 60.7 Å². The summed E-state index contributed by atoms with van der Waals surface area (Å²) in [6.07, 6.45) is 4.23. The molecule has 0 saturated heterocycles. The number of pyridine rings is 1. The molecule has 0 saturated carbocycles. The second-order valence-corrected chi connectivity index (χ2v) is 12.6. The van der Waals surface area contributed by atoms with Crippen LogP contribution >= 0.6 is 34.7 Å². The van der Waals surface area contributed by atoms with Crippen molar-refractivity contribution in [2.75, 3.05) is 16.0 Å². The van der Waals surface area contributed by atoms with Crippen LogP contribution in [0.4, 0.5) is 10.8 Å². The van der Waals surface area contributed by atoms with E-state index in [0.717, 1.165) is 5.56 Å². The predicted molar refractivity (Wildman–Crippen MR) is 152 cm³/mol. The van der Waals surface area contributed by atoms with Crippen LogP contribution in [0.15, 0.2) is 75.8 Å². The number of benzene rings is 1. The highest BCUT2D eigenvalue weighted by molar-refractivity contribution is 8.01. The molecule has 39 heavy (non-hydrogen) atoms. The van der Waals surface area contributed by atoms with Crippen LogP contribution in [-0.4, -0.2) is 32.6 Å². The molecule has 0 bridgehead atoms. The zero-order valence-corrected chi connectivity index (χ0v) is 23.5. The third-order valence-corrected chi connectivity index (χ3v) is 8.70. The van der Waals surface area contributed by atoms with Gasteiger partial charge in [0.05, 0.1) is 23.3 Å². The summed E-state index contributed by atoms with van der Waals surface area (Å²) in [6, 6.07) is 12.8. The van der Waals surface area contributed by atoms with Gasteiger partial charge in [-0.25, -0.2) is 0 Å². The van der Waals surface area contributed by atoms with Gasteiger partial charge in [-0.15, -0.1) is 10.2 Å². The van der Waals surface area contributed by atoms with Crippen molar-refractivity contribution in [3.63, 3.8) is 0 Å². The molecule has 0 spiro atoms. The molecular weight excluding hydrogens is 554 g/mol. The van der Waals surface area contributed by atoms with E-state index < -0.39 is 5.92 Å². The van der Waals surface area contributed by atoms with Crippen molar-refractivity contribution in [1.82, 2.24) is 15.2 Å². The van der Waals surface area contributed by atoms with Crippen LogP contribution in [0.1, 0.15) is 38.2 Å². The second-order valence-electron chi connectivity index (χ2n) is 9.96. The van der Waals surface area contributed by atoms with Gasteiger partial charge in [0.1, 0.15) is 5.82 Å². The van der Waals surface area contributed by atoms with Gasteiger partial charge in [-0.2, -0.15) is 5.26 Å². The molecule has 198 valence electrons. The van der Waals surface area contributed by atoms with Crippen LogP contribution in [0.25, 0.3) is 0 Å². The molecular formula is C27H24ClN7O2S2. The first-order chi connectivity index (χ1) is 18.7. The lowest BCUT2D eigenvalue weighted by Gasteiger charge is -2.42. The number of anilines is 2. The molecule has 2 aromatic heterocycles. The Morgan fingerprint density at radius 2 is 2.13 bits per heavy atom. The maximum absolute atomic E-state index is 13.6. The minimum Gasteiger partial charge on any atom is -0.384 e. The number of rotatable bonds is 6. The van der Waals surface area contributed by atoms with E-state index in [1.807, 2.05) is 19.9 Å². The number of hydrogen-bond acceptors (Lipinski definition) is 10. The SMILES string of the molecule is CC1(C)CC(=O)C2=C(C1)N(c1nnc(SCC(=O)Nc3cccc(Cl)c3)s1)C(N)=C(C#N)C2c1cccnc1. The van der Waals surface area contributed by atoms with Gasteiger partial charge >= 0.3 is 0 Å². The second kappa shape index (κ2) is 10.8. The normalized spacial score (nSPS) is 18.6. The topological polar surface area (TPSA) is 138 Å². The molecule has 1 atom stereocenters. The third kappa shape index (κ3) is 5.54. The predicted octanol–water partition coefficient (Wildman–Crippen LogP) is 5.26. The Morgan fingerprint density at radius 3 is 2.85 bits per heavy atom. The number of nitrogens with two attached hydrogens (primary N) is 1. The smallest absolute Gasteiger partial charge is 0.234 e. The van der Waals surface area contributed by atoms with Crippen LogP contribution in [-0.2, 0) is 9.59 Å². The van der Waals surface area contributed by atoms with Crippen LogP contribution in [0.3, 0.4) is 0 Å². The number of carbonyl (C=O) groups is 2. The molecule has 2 aliphatic rings. The fourth-order valence-electron chi connectivity index (χ4n) is 4.85. The zero-order chi connectivity index (χ0) is 27.7. The van der Waals surface area contributed by atoms with Gasteiger partial charge in [-0.05, 0) is 41.7 Å². The molecule has 1 aliphatic heterocycles. The Morgan fingerprint density at radius 1 is 1.31 bits per heavy atom. The molecule has 0 fully saturated rings. The quantitative estimate of drug-likeness (QED) is 0.376. The summed E-state index contributed by atoms with van der Waals surface area (Å²) in [5.74, 6) is -0.528. The lowest BCUT2D eigenvalue weighted by Crippen LogP contribution is -2.42. The molecule has 1 unspecified atom stereocenters. The molecule has 1 aromatic carbocycles. The van der Waals surface area contributed by atoms with Crippen LogP contribution < -0.4 is 16.0 Å². The molecule has 12 heteroatoms. The summed E-state index contributed by atoms with van der Waals surface area (Å²) in [5.41, 5.74) is 9.19. The van der Waals surface area contributed by atoms with Gasteiger partial charge < -0.3 is 11.1 Å². The highest BCUT2D eigenvalue weighted by Gasteiger charge is 2.45. The average Bonchev–Trinajstić information content (AvgIpc) is 3.35. The van der Waals surface area contributed by atoms with Crippen molar-refractivity contribution >= 4 is 57.2 Å². The molecule has 0 radical (unpaired) electrons. The number of nitrogens with zero attached hydrogens (tertiary/aromatic N) is 5. The van der Waals surface area contributed by atoms with E-state index in [2.05, 4.69) is 26.6 Å². The zero-order valence-electron chi connectivity index (χ0n) is 21.1. The summed E-state index contributed by atoms with van der Waals surface area (Å²) in [5, 5.41) is 22.5. The molecule has 3 heterocycles. The average molecular weight is 578 g/mol. The Labute approximate surface area is 238 Å². The fraction of sp³-hybridized carbons (Fsp3) is 0.259. The molecule has 1 amide bonds. The highest BCUT2D eigenvalue weighted by atomic mass is 35.5. The molecule has 3 aromatic rings. The molecule has 5 rings (SSSR count). The lowest BCUT2D eigenvalue weighted by molar-refractivity contribution is -0.118. The minimum atomic E-state index is -0.601. The van der Waals surface area contributed by atoms with E-state index >= 15 is 0 Å². The molecule has 3 N–H and O–H groups in total. The van der Waals surface area contributed by atoms with E-state index in [1.165, 1.54) is 23.1 Å². The number of nitriles is 1. The number of thioether (sulfide) groups is 1. The Hall–Kier alpha value is -3.72. The Kier molecular flexibility index (Phi) is 7.44. The van der Waals surface area contributed by atoms with Gasteiger partial charge in [0.2, 0.25) is 11.0 Å². The standard InChI is InChI=1S/C27H24ClN7O2S2/c1-27(2)10-19-23(20(36)11-27)22(15-5-4-8-31-13-15)18(12-29)24(30)35(19)25-33-34-26(39-25)38-14-21(37)32-17-7-3-6-16(28)9-17/h3-9,13,22H,10-11,14,30H2,1-2H3,(H,32,37). The Bertz CT molecular complexity index is 1560. The number of Topliss-reactive ketones (excluding diaryl/α,β-unsaturated/α-hetero) is 1. The number of allylic oxidation sites excluding steroid dienone is 3. The number of hydrogen-bond donors (Lipinski definition) is 2. The van der Waals surface area contributed by atoms with Gasteiger partial charge in [0.15, 0.2) is 10.1 Å². The highest BCUT2D eigenvalue weighted by Crippen LogP contribution is 2.50. The van der Waals surface area contributed by atoms with Gasteiger partial charge in [0.25, 0.3) is 0 Å². The Balaban J connectivity index is 1.45. The van der Waals surface area contributed by atoms with Crippen LogP contribution in [0.5, 0.6) is 0 Å². The summed E-state index contributed by atoms with van der Waals surface area (Å²) in [4.78, 5) is 31.9. The largest absolute Gasteiger partial charge is 0.384 e. The van der Waals surface area contributed by atoms with Gasteiger partial charge in [-0.3, -0.25) is 19.5 Å². The summed E-state index contributed by atoms with van der Waals surface area (Å²) >= 11 is 8.47. The maximum Gasteiger partial charge on any atom is 0.234 e. The van der Waals surface area contributed by atoms with Crippen LogP contribution in [0.2, 0.25) is 5.02 Å². The van der Waals surface area contributed by atoms with Crippen molar-refractivity contribution in [2.24, 2.45) is 11.1 Å². The lowest BCUT2D eigenvalue weighted by atomic mass is 9.69. The van der Waals surface area contributed by atoms with Crippen molar-refractivity contribution in [2.45, 2.75) is 36.9 Å². The minimum absolute atomic E-state index is 0.0304. The third-order valence-electron chi connectivity index (χ3n) is 6.42. The van der Waals surface area contributed by atoms with Gasteiger partial charge in [0, 0.05) is 40.8 Å². The summed E-state index contributed by atoms with van der Waals surface area (Å²) < 4.78 is 0.551. The van der Waals surface area contributed by atoms with E-state index in [4.69, 9.17) is 17.3 Å². The maximum atomic E-state index is 13.6. The molecule has 1 aliphatic carbocycles. The van der Waals surface area contributed by atoms with E-state index in [1.54, 1.807) is 47.6 Å². The summed E-state index contributed by atoms with van der Waals surface area (Å²) in [6.45, 7) is 4.07. The number of nitrogens with one attached hydrogen (secondary N) is 1. The van der Waals surface area contributed by atoms with E-state index in [9.17, 15) is 14.9 Å². The van der Waals surface area contributed by atoms with Crippen molar-refractivity contribution in [1.29, 1.82) is 5.26 Å². The molecule has 9 nitrogen and oxygen atoms in total.